The lowest BCUT2D eigenvalue weighted by molar-refractivity contribution is -0.138. The first-order valence-electron chi connectivity index (χ1n) is 10.6. The lowest BCUT2D eigenvalue weighted by Crippen LogP contribution is -2.27. The zero-order chi connectivity index (χ0) is 24.5. The lowest BCUT2D eigenvalue weighted by atomic mass is 9.97. The maximum Gasteiger partial charge on any atom is 0.416 e. The van der Waals surface area contributed by atoms with Gasteiger partial charge < -0.3 is 9.32 Å². The Morgan fingerprint density at radius 3 is 2.26 bits per heavy atom. The van der Waals surface area contributed by atoms with E-state index < -0.39 is 11.7 Å². The molecule has 1 aromatic heterocycles. The Labute approximate surface area is 194 Å². The average Bonchev–Trinajstić information content (AvgIpc) is 3.25. The van der Waals surface area contributed by atoms with Crippen molar-refractivity contribution < 1.29 is 22.4 Å². The lowest BCUT2D eigenvalue weighted by Gasteiger charge is -2.20. The topological polar surface area (TPSA) is 59.2 Å². The molecule has 0 bridgehead atoms. The summed E-state index contributed by atoms with van der Waals surface area (Å²) >= 11 is 0. The third-order valence-corrected chi connectivity index (χ3v) is 5.53. The molecule has 174 valence electrons. The van der Waals surface area contributed by atoms with Crippen molar-refractivity contribution in [3.05, 3.63) is 94.9 Å². The molecule has 34 heavy (non-hydrogen) atoms. The SMILES string of the molecule is Cc1nnc(-c2ccc(C)c(-c3ccc(C(=O)N(C)Cc4ccccc4C(F)(F)F)cc3)c2)o1. The number of amides is 1. The Bertz CT molecular complexity index is 1330. The quantitative estimate of drug-likeness (QED) is 0.347. The first-order chi connectivity index (χ1) is 16.1. The van der Waals surface area contributed by atoms with Crippen molar-refractivity contribution in [2.24, 2.45) is 0 Å². The normalized spacial score (nSPS) is 11.5. The molecule has 0 aliphatic rings. The Hall–Kier alpha value is -3.94. The highest BCUT2D eigenvalue weighted by Gasteiger charge is 2.33. The summed E-state index contributed by atoms with van der Waals surface area (Å²) in [6.07, 6.45) is -4.48. The molecule has 8 heteroatoms. The van der Waals surface area contributed by atoms with Crippen LogP contribution in [0.5, 0.6) is 0 Å². The molecule has 0 radical (unpaired) electrons. The summed E-state index contributed by atoms with van der Waals surface area (Å²) in [5.41, 5.74) is 3.33. The zero-order valence-corrected chi connectivity index (χ0v) is 18.8. The van der Waals surface area contributed by atoms with Gasteiger partial charge in [-0.2, -0.15) is 13.2 Å². The summed E-state index contributed by atoms with van der Waals surface area (Å²) < 4.78 is 45.4. The Kier molecular flexibility index (Phi) is 6.24. The summed E-state index contributed by atoms with van der Waals surface area (Å²) in [6, 6.07) is 18.1. The fraction of sp³-hybridized carbons (Fsp3) is 0.192. The second kappa shape index (κ2) is 9.13. The van der Waals surface area contributed by atoms with E-state index in [9.17, 15) is 18.0 Å². The van der Waals surface area contributed by atoms with Gasteiger partial charge in [0.25, 0.3) is 5.91 Å². The zero-order valence-electron chi connectivity index (χ0n) is 18.8. The maximum absolute atomic E-state index is 13.3. The van der Waals surface area contributed by atoms with Crippen LogP contribution in [0.4, 0.5) is 13.2 Å². The molecule has 0 unspecified atom stereocenters. The number of hydrogen-bond acceptors (Lipinski definition) is 4. The van der Waals surface area contributed by atoms with E-state index in [1.165, 1.54) is 30.1 Å². The van der Waals surface area contributed by atoms with E-state index in [0.29, 0.717) is 17.3 Å². The predicted octanol–water partition coefficient (Wildman–Crippen LogP) is 6.31. The number of halogens is 3. The van der Waals surface area contributed by atoms with E-state index in [2.05, 4.69) is 10.2 Å². The molecule has 0 saturated carbocycles. The van der Waals surface area contributed by atoms with Crippen molar-refractivity contribution in [2.75, 3.05) is 7.05 Å². The number of nitrogens with zero attached hydrogens (tertiary/aromatic N) is 3. The number of rotatable bonds is 5. The Balaban J connectivity index is 1.55. The average molecular weight is 465 g/mol. The smallest absolute Gasteiger partial charge is 0.416 e. The summed E-state index contributed by atoms with van der Waals surface area (Å²) in [5.74, 6) is 0.531. The maximum atomic E-state index is 13.3. The van der Waals surface area contributed by atoms with E-state index in [0.717, 1.165) is 28.3 Å². The molecule has 3 aromatic carbocycles. The van der Waals surface area contributed by atoms with Crippen molar-refractivity contribution in [3.8, 4) is 22.6 Å². The van der Waals surface area contributed by atoms with Crippen LogP contribution in [0, 0.1) is 13.8 Å². The summed E-state index contributed by atoms with van der Waals surface area (Å²) in [6.45, 7) is 3.55. The van der Waals surface area contributed by atoms with Gasteiger partial charge in [-0.05, 0) is 59.5 Å². The monoisotopic (exact) mass is 465 g/mol. The molecule has 4 rings (SSSR count). The molecule has 0 atom stereocenters. The Morgan fingerprint density at radius 1 is 0.941 bits per heavy atom. The largest absolute Gasteiger partial charge is 0.421 e. The Morgan fingerprint density at radius 2 is 1.62 bits per heavy atom. The van der Waals surface area contributed by atoms with Crippen LogP contribution >= 0.6 is 0 Å². The van der Waals surface area contributed by atoms with E-state index in [-0.39, 0.29) is 18.0 Å². The highest BCUT2D eigenvalue weighted by atomic mass is 19.4. The number of benzene rings is 3. The van der Waals surface area contributed by atoms with Crippen LogP contribution in [0.25, 0.3) is 22.6 Å². The molecule has 5 nitrogen and oxygen atoms in total. The van der Waals surface area contributed by atoms with Crippen LogP contribution in [0.2, 0.25) is 0 Å². The third kappa shape index (κ3) is 4.85. The molecule has 4 aromatic rings. The first kappa shape index (κ1) is 23.2. The highest BCUT2D eigenvalue weighted by Crippen LogP contribution is 2.33. The van der Waals surface area contributed by atoms with Crippen LogP contribution in [0.15, 0.2) is 71.1 Å². The van der Waals surface area contributed by atoms with E-state index in [4.69, 9.17) is 4.42 Å². The molecule has 0 saturated heterocycles. The predicted molar refractivity (Wildman–Crippen MR) is 122 cm³/mol. The van der Waals surface area contributed by atoms with Crippen molar-refractivity contribution >= 4 is 5.91 Å². The van der Waals surface area contributed by atoms with Crippen molar-refractivity contribution in [2.45, 2.75) is 26.6 Å². The van der Waals surface area contributed by atoms with Crippen LogP contribution in [0.1, 0.15) is 32.9 Å². The second-order valence-electron chi connectivity index (χ2n) is 8.05. The standard InChI is InChI=1S/C26H22F3N3O2/c1-16-8-9-20(24-31-30-17(2)34-24)14-22(16)18-10-12-19(13-11-18)25(33)32(3)15-21-6-4-5-7-23(21)26(27,28)29/h4-14H,15H2,1-3H3. The molecule has 0 N–H and O–H groups in total. The van der Waals surface area contributed by atoms with Crippen molar-refractivity contribution in [3.63, 3.8) is 0 Å². The van der Waals surface area contributed by atoms with E-state index in [1.54, 1.807) is 19.1 Å². The van der Waals surface area contributed by atoms with Crippen LogP contribution < -0.4 is 0 Å². The number of aromatic nitrogens is 2. The van der Waals surface area contributed by atoms with Gasteiger partial charge in [0.15, 0.2) is 0 Å². The number of alkyl halides is 3. The van der Waals surface area contributed by atoms with Crippen LogP contribution in [-0.4, -0.2) is 28.1 Å². The fourth-order valence-electron chi connectivity index (χ4n) is 3.75. The van der Waals surface area contributed by atoms with E-state index in [1.807, 2.05) is 37.3 Å². The van der Waals surface area contributed by atoms with Crippen LogP contribution in [0.3, 0.4) is 0 Å². The second-order valence-corrected chi connectivity index (χ2v) is 8.05. The van der Waals surface area contributed by atoms with Crippen molar-refractivity contribution in [1.29, 1.82) is 0 Å². The van der Waals surface area contributed by atoms with Gasteiger partial charge in [0.2, 0.25) is 11.8 Å². The minimum Gasteiger partial charge on any atom is -0.421 e. The third-order valence-electron chi connectivity index (χ3n) is 5.53. The minimum absolute atomic E-state index is 0.0474. The first-order valence-corrected chi connectivity index (χ1v) is 10.6. The van der Waals surface area contributed by atoms with Crippen LogP contribution in [-0.2, 0) is 12.7 Å². The van der Waals surface area contributed by atoms with Gasteiger partial charge in [-0.25, -0.2) is 0 Å². The number of carbonyl (C=O) groups excluding carboxylic acids is 1. The number of hydrogen-bond donors (Lipinski definition) is 0. The van der Waals surface area contributed by atoms with E-state index >= 15 is 0 Å². The van der Waals surface area contributed by atoms with Gasteiger partial charge in [0.05, 0.1) is 5.56 Å². The molecule has 1 amide bonds. The molecule has 0 spiro atoms. The van der Waals surface area contributed by atoms with Gasteiger partial charge in [-0.3, -0.25) is 4.79 Å². The molecule has 0 aliphatic carbocycles. The summed E-state index contributed by atoms with van der Waals surface area (Å²) in [5, 5.41) is 7.92. The highest BCUT2D eigenvalue weighted by molar-refractivity contribution is 5.94. The van der Waals surface area contributed by atoms with Crippen molar-refractivity contribution in [1.82, 2.24) is 15.1 Å². The number of carbonyl (C=O) groups is 1. The molecule has 0 aliphatic heterocycles. The van der Waals surface area contributed by atoms with Gasteiger partial charge >= 0.3 is 6.18 Å². The number of aryl methyl sites for hydroxylation is 2. The van der Waals surface area contributed by atoms with Gasteiger partial charge in [0, 0.05) is 31.6 Å². The summed E-state index contributed by atoms with van der Waals surface area (Å²) in [7, 11) is 1.49. The molecular formula is C26H22F3N3O2. The van der Waals surface area contributed by atoms with Gasteiger partial charge in [0.1, 0.15) is 0 Å². The molecule has 1 heterocycles. The summed E-state index contributed by atoms with van der Waals surface area (Å²) in [4.78, 5) is 14.2. The van der Waals surface area contributed by atoms with Gasteiger partial charge in [-0.1, -0.05) is 36.4 Å². The fourth-order valence-corrected chi connectivity index (χ4v) is 3.75. The minimum atomic E-state index is -4.48. The molecule has 0 fully saturated rings. The molecular weight excluding hydrogens is 443 g/mol. The van der Waals surface area contributed by atoms with Gasteiger partial charge in [-0.15, -0.1) is 10.2 Å².